The van der Waals surface area contributed by atoms with Crippen molar-refractivity contribution >= 4 is 17.7 Å². The van der Waals surface area contributed by atoms with Gasteiger partial charge in [-0.2, -0.15) is 11.8 Å². The molecule has 2 unspecified atom stereocenters. The summed E-state index contributed by atoms with van der Waals surface area (Å²) in [5.41, 5.74) is 0. The summed E-state index contributed by atoms with van der Waals surface area (Å²) >= 11 is 1.78. The third kappa shape index (κ3) is 4.33. The number of methoxy groups -OCH3 is 1. The number of rotatable bonds is 5. The van der Waals surface area contributed by atoms with Crippen LogP contribution in [-0.2, 0) is 9.53 Å². The third-order valence-corrected chi connectivity index (χ3v) is 3.92. The number of ether oxygens (including phenoxy) is 1. The average Bonchev–Trinajstić information content (AvgIpc) is 2.18. The Morgan fingerprint density at radius 3 is 3.00 bits per heavy atom. The van der Waals surface area contributed by atoms with Crippen molar-refractivity contribution in [2.75, 3.05) is 12.9 Å². The maximum atomic E-state index is 10.3. The lowest BCUT2D eigenvalue weighted by atomic mass is 9.97. The number of carboxylic acid groups (broad SMARTS) is 1. The van der Waals surface area contributed by atoms with Crippen LogP contribution >= 0.6 is 11.8 Å². The van der Waals surface area contributed by atoms with Gasteiger partial charge in [0.2, 0.25) is 0 Å². The quantitative estimate of drug-likeness (QED) is 0.768. The van der Waals surface area contributed by atoms with Crippen LogP contribution in [0.15, 0.2) is 0 Å². The largest absolute Gasteiger partial charge is 0.481 e. The van der Waals surface area contributed by atoms with Crippen molar-refractivity contribution in [1.82, 2.24) is 0 Å². The van der Waals surface area contributed by atoms with Gasteiger partial charge in [0.15, 0.2) is 0 Å². The second-order valence-electron chi connectivity index (χ2n) is 3.66. The summed E-state index contributed by atoms with van der Waals surface area (Å²) in [4.78, 5) is 10.3. The molecule has 1 fully saturated rings. The summed E-state index contributed by atoms with van der Waals surface area (Å²) in [5.74, 6) is 0.0350. The fourth-order valence-electron chi connectivity index (χ4n) is 1.78. The monoisotopic (exact) mass is 218 g/mol. The van der Waals surface area contributed by atoms with E-state index in [4.69, 9.17) is 9.84 Å². The van der Waals surface area contributed by atoms with Crippen molar-refractivity contribution in [3.05, 3.63) is 0 Å². The van der Waals surface area contributed by atoms with Crippen molar-refractivity contribution in [3.8, 4) is 0 Å². The van der Waals surface area contributed by atoms with Gasteiger partial charge in [-0.3, -0.25) is 4.79 Å². The van der Waals surface area contributed by atoms with E-state index in [0.29, 0.717) is 11.4 Å². The molecule has 0 radical (unpaired) electrons. The molecule has 2 atom stereocenters. The second kappa shape index (κ2) is 6.30. The Bertz CT molecular complexity index is 184. The summed E-state index contributed by atoms with van der Waals surface area (Å²) in [6, 6.07) is 0. The zero-order chi connectivity index (χ0) is 10.4. The Kier molecular flexibility index (Phi) is 5.33. The first kappa shape index (κ1) is 11.9. The Labute approximate surface area is 89.2 Å². The molecule has 0 aromatic carbocycles. The molecule has 0 aromatic rings. The minimum Gasteiger partial charge on any atom is -0.481 e. The van der Waals surface area contributed by atoms with Gasteiger partial charge < -0.3 is 9.84 Å². The third-order valence-electron chi connectivity index (χ3n) is 2.58. The van der Waals surface area contributed by atoms with Gasteiger partial charge in [0.25, 0.3) is 0 Å². The van der Waals surface area contributed by atoms with Gasteiger partial charge in [0.1, 0.15) is 0 Å². The molecule has 0 amide bonds. The van der Waals surface area contributed by atoms with Crippen LogP contribution in [0.5, 0.6) is 0 Å². The Hall–Kier alpha value is -0.220. The molecule has 1 N–H and O–H groups in total. The van der Waals surface area contributed by atoms with E-state index >= 15 is 0 Å². The standard InChI is InChI=1S/C10H18O3S/c1-13-8-3-2-4-9(7-8)14-6-5-10(11)12/h8-9H,2-7H2,1H3,(H,11,12). The van der Waals surface area contributed by atoms with E-state index < -0.39 is 5.97 Å². The van der Waals surface area contributed by atoms with Crippen LogP contribution in [0.1, 0.15) is 32.1 Å². The predicted octanol–water partition coefficient (Wildman–Crippen LogP) is 2.15. The van der Waals surface area contributed by atoms with Gasteiger partial charge >= 0.3 is 5.97 Å². The van der Waals surface area contributed by atoms with Crippen LogP contribution in [-0.4, -0.2) is 35.3 Å². The van der Waals surface area contributed by atoms with Gasteiger partial charge in [0, 0.05) is 18.1 Å². The number of thioether (sulfide) groups is 1. The minimum absolute atomic E-state index is 0.277. The van der Waals surface area contributed by atoms with Crippen LogP contribution in [0, 0.1) is 0 Å². The van der Waals surface area contributed by atoms with E-state index in [1.807, 2.05) is 0 Å². The molecule has 1 saturated carbocycles. The van der Waals surface area contributed by atoms with E-state index in [-0.39, 0.29) is 6.42 Å². The number of hydrogen-bond acceptors (Lipinski definition) is 3. The molecular formula is C10H18O3S. The first-order valence-electron chi connectivity index (χ1n) is 5.08. The van der Waals surface area contributed by atoms with Crippen LogP contribution < -0.4 is 0 Å². The highest BCUT2D eigenvalue weighted by atomic mass is 32.2. The fourth-order valence-corrected chi connectivity index (χ4v) is 3.09. The normalized spacial score (nSPS) is 27.5. The molecule has 4 heteroatoms. The molecular weight excluding hydrogens is 200 g/mol. The van der Waals surface area contributed by atoms with Crippen LogP contribution in [0.3, 0.4) is 0 Å². The molecule has 0 spiro atoms. The lowest BCUT2D eigenvalue weighted by Gasteiger charge is -2.27. The minimum atomic E-state index is -0.698. The highest BCUT2D eigenvalue weighted by Crippen LogP contribution is 2.30. The lowest BCUT2D eigenvalue weighted by Crippen LogP contribution is -2.23. The first-order valence-corrected chi connectivity index (χ1v) is 6.13. The number of carboxylic acids is 1. The fraction of sp³-hybridized carbons (Fsp3) is 0.900. The van der Waals surface area contributed by atoms with Crippen molar-refractivity contribution in [2.24, 2.45) is 0 Å². The van der Waals surface area contributed by atoms with Crippen LogP contribution in [0.4, 0.5) is 0 Å². The summed E-state index contributed by atoms with van der Waals surface area (Å²) in [5, 5.41) is 9.11. The molecule has 3 nitrogen and oxygen atoms in total. The summed E-state index contributed by atoms with van der Waals surface area (Å²) < 4.78 is 5.32. The van der Waals surface area contributed by atoms with Crippen molar-refractivity contribution in [1.29, 1.82) is 0 Å². The molecule has 14 heavy (non-hydrogen) atoms. The highest BCUT2D eigenvalue weighted by Gasteiger charge is 2.21. The Balaban J connectivity index is 2.14. The van der Waals surface area contributed by atoms with Crippen molar-refractivity contribution in [2.45, 2.75) is 43.5 Å². The molecule has 1 rings (SSSR count). The number of carbonyl (C=O) groups is 1. The van der Waals surface area contributed by atoms with Crippen LogP contribution in [0.25, 0.3) is 0 Å². The van der Waals surface area contributed by atoms with E-state index in [9.17, 15) is 4.79 Å². The van der Waals surface area contributed by atoms with Gasteiger partial charge in [0.05, 0.1) is 12.5 Å². The van der Waals surface area contributed by atoms with Gasteiger partial charge in [-0.1, -0.05) is 0 Å². The topological polar surface area (TPSA) is 46.5 Å². The molecule has 0 aromatic heterocycles. The molecule has 0 saturated heterocycles. The number of aliphatic carboxylic acids is 1. The van der Waals surface area contributed by atoms with Gasteiger partial charge in [-0.25, -0.2) is 0 Å². The molecule has 1 aliphatic carbocycles. The molecule has 82 valence electrons. The van der Waals surface area contributed by atoms with Crippen molar-refractivity contribution < 1.29 is 14.6 Å². The summed E-state index contributed by atoms with van der Waals surface area (Å²) in [6.45, 7) is 0. The molecule has 0 heterocycles. The predicted molar refractivity (Wildman–Crippen MR) is 57.8 cm³/mol. The molecule has 1 aliphatic rings. The van der Waals surface area contributed by atoms with Crippen LogP contribution in [0.2, 0.25) is 0 Å². The lowest BCUT2D eigenvalue weighted by molar-refractivity contribution is -0.136. The maximum Gasteiger partial charge on any atom is 0.304 e. The van der Waals surface area contributed by atoms with E-state index in [1.54, 1.807) is 18.9 Å². The van der Waals surface area contributed by atoms with E-state index in [1.165, 1.54) is 12.8 Å². The SMILES string of the molecule is COC1CCCC(SCCC(=O)O)C1. The summed E-state index contributed by atoms with van der Waals surface area (Å²) in [6.07, 6.45) is 5.34. The zero-order valence-electron chi connectivity index (χ0n) is 8.57. The maximum absolute atomic E-state index is 10.3. The molecule has 0 aliphatic heterocycles. The van der Waals surface area contributed by atoms with Gasteiger partial charge in [-0.15, -0.1) is 0 Å². The smallest absolute Gasteiger partial charge is 0.304 e. The summed E-state index contributed by atoms with van der Waals surface area (Å²) in [7, 11) is 1.76. The van der Waals surface area contributed by atoms with Crippen molar-refractivity contribution in [3.63, 3.8) is 0 Å². The zero-order valence-corrected chi connectivity index (χ0v) is 9.39. The first-order chi connectivity index (χ1) is 6.72. The highest BCUT2D eigenvalue weighted by molar-refractivity contribution is 7.99. The molecule has 0 bridgehead atoms. The average molecular weight is 218 g/mol. The second-order valence-corrected chi connectivity index (χ2v) is 5.07. The Morgan fingerprint density at radius 1 is 1.57 bits per heavy atom. The van der Waals surface area contributed by atoms with E-state index in [2.05, 4.69) is 0 Å². The Morgan fingerprint density at radius 2 is 2.36 bits per heavy atom. The van der Waals surface area contributed by atoms with Gasteiger partial charge in [-0.05, 0) is 25.7 Å². The number of hydrogen-bond donors (Lipinski definition) is 1. The van der Waals surface area contributed by atoms with E-state index in [0.717, 1.165) is 18.6 Å².